The third-order valence-electron chi connectivity index (χ3n) is 4.88. The maximum absolute atomic E-state index is 13.0. The van der Waals surface area contributed by atoms with Crippen LogP contribution in [0.4, 0.5) is 0 Å². The van der Waals surface area contributed by atoms with E-state index < -0.39 is 9.84 Å². The monoisotopic (exact) mass is 421 g/mol. The van der Waals surface area contributed by atoms with Crippen molar-refractivity contribution in [2.45, 2.75) is 25.3 Å². The molecule has 1 aliphatic heterocycles. The minimum Gasteiger partial charge on any atom is -0.338 e. The van der Waals surface area contributed by atoms with Crippen LogP contribution < -0.4 is 0 Å². The molecule has 0 spiro atoms. The molecule has 1 aromatic carbocycles. The van der Waals surface area contributed by atoms with Gasteiger partial charge in [0.05, 0.1) is 23.6 Å². The van der Waals surface area contributed by atoms with Crippen molar-refractivity contribution in [3.8, 4) is 10.6 Å². The topological polar surface area (TPSA) is 70.6 Å². The van der Waals surface area contributed by atoms with Crippen LogP contribution in [0.1, 0.15) is 18.5 Å². The Hall–Kier alpha value is -1.77. The number of hydrogen-bond acceptors (Lipinski definition) is 6. The number of nitrogens with zero attached hydrogens (tertiary/aromatic N) is 3. The molecule has 3 rings (SSSR count). The van der Waals surface area contributed by atoms with Crippen molar-refractivity contribution in [3.63, 3.8) is 0 Å². The quantitative estimate of drug-likeness (QED) is 0.654. The standard InChI is InChI=1S/C20H27N3O3S2/c1-22(2)10-6-11-23(18-9-12-28(25,26)15-18)19(24)13-17-14-27-20(21-17)16-7-4-3-5-8-16/h3-5,7-8,14,18H,6,9-13,15H2,1-2H3. The molecule has 8 heteroatoms. The van der Waals surface area contributed by atoms with E-state index in [9.17, 15) is 13.2 Å². The molecule has 0 N–H and O–H groups in total. The van der Waals surface area contributed by atoms with Gasteiger partial charge in [-0.2, -0.15) is 0 Å². The molecule has 0 saturated carbocycles. The molecule has 1 aromatic heterocycles. The first-order valence-corrected chi connectivity index (χ1v) is 12.2. The van der Waals surface area contributed by atoms with Gasteiger partial charge in [0.1, 0.15) is 5.01 Å². The molecular formula is C20H27N3O3S2. The zero-order valence-electron chi connectivity index (χ0n) is 16.4. The average molecular weight is 422 g/mol. The zero-order chi connectivity index (χ0) is 20.1. The van der Waals surface area contributed by atoms with Crippen LogP contribution in [0, 0.1) is 0 Å². The van der Waals surface area contributed by atoms with Crippen molar-refractivity contribution in [1.82, 2.24) is 14.8 Å². The molecule has 1 amide bonds. The van der Waals surface area contributed by atoms with Crippen LogP contribution in [0.2, 0.25) is 0 Å². The Morgan fingerprint density at radius 1 is 1.21 bits per heavy atom. The second-order valence-corrected chi connectivity index (χ2v) is 10.6. The number of rotatable bonds is 8. The number of carbonyl (C=O) groups excluding carboxylic acids is 1. The van der Waals surface area contributed by atoms with Crippen LogP contribution in [0.15, 0.2) is 35.7 Å². The molecule has 28 heavy (non-hydrogen) atoms. The van der Waals surface area contributed by atoms with Gasteiger partial charge in [-0.3, -0.25) is 4.79 Å². The molecule has 0 bridgehead atoms. The summed E-state index contributed by atoms with van der Waals surface area (Å²) >= 11 is 1.53. The molecule has 6 nitrogen and oxygen atoms in total. The summed E-state index contributed by atoms with van der Waals surface area (Å²) in [4.78, 5) is 21.5. The van der Waals surface area contributed by atoms with E-state index in [1.54, 1.807) is 4.90 Å². The van der Waals surface area contributed by atoms with Gasteiger partial charge in [-0.15, -0.1) is 11.3 Å². The molecule has 2 heterocycles. The van der Waals surface area contributed by atoms with E-state index in [0.29, 0.717) is 13.0 Å². The Bertz CT molecular complexity index is 894. The first-order chi connectivity index (χ1) is 13.3. The van der Waals surface area contributed by atoms with Crippen molar-refractivity contribution in [3.05, 3.63) is 41.4 Å². The summed E-state index contributed by atoms with van der Waals surface area (Å²) in [5.74, 6) is 0.211. The number of sulfone groups is 1. The molecule has 1 aliphatic rings. The molecule has 2 aromatic rings. The highest BCUT2D eigenvalue weighted by atomic mass is 32.2. The summed E-state index contributed by atoms with van der Waals surface area (Å²) in [6.45, 7) is 1.44. The lowest BCUT2D eigenvalue weighted by Crippen LogP contribution is -2.43. The normalized spacial score (nSPS) is 18.5. The molecule has 0 aliphatic carbocycles. The number of carbonyl (C=O) groups is 1. The first-order valence-electron chi connectivity index (χ1n) is 9.48. The summed E-state index contributed by atoms with van der Waals surface area (Å²) in [7, 11) is 0.947. The lowest BCUT2D eigenvalue weighted by molar-refractivity contribution is -0.132. The molecule has 1 saturated heterocycles. The predicted octanol–water partition coefficient (Wildman–Crippen LogP) is 2.32. The van der Waals surface area contributed by atoms with E-state index in [4.69, 9.17) is 0 Å². The maximum Gasteiger partial charge on any atom is 0.228 e. The summed E-state index contributed by atoms with van der Waals surface area (Å²) in [5.41, 5.74) is 1.78. The van der Waals surface area contributed by atoms with Crippen LogP contribution >= 0.6 is 11.3 Å². The largest absolute Gasteiger partial charge is 0.338 e. The number of thiazole rings is 1. The van der Waals surface area contributed by atoms with Gasteiger partial charge in [0, 0.05) is 23.5 Å². The smallest absolute Gasteiger partial charge is 0.228 e. The van der Waals surface area contributed by atoms with E-state index in [2.05, 4.69) is 9.88 Å². The fraction of sp³-hybridized carbons (Fsp3) is 0.500. The Labute approximate surface area is 171 Å². The van der Waals surface area contributed by atoms with Crippen molar-refractivity contribution >= 4 is 27.1 Å². The molecule has 1 atom stereocenters. The first kappa shape index (κ1) is 21.0. The van der Waals surface area contributed by atoms with E-state index in [1.165, 1.54) is 11.3 Å². The van der Waals surface area contributed by atoms with Gasteiger partial charge in [0.15, 0.2) is 9.84 Å². The summed E-state index contributed by atoms with van der Waals surface area (Å²) in [6.07, 6.45) is 1.56. The predicted molar refractivity (Wildman–Crippen MR) is 113 cm³/mol. The van der Waals surface area contributed by atoms with Crippen LogP contribution in [0.5, 0.6) is 0 Å². The Morgan fingerprint density at radius 3 is 2.61 bits per heavy atom. The second-order valence-electron chi connectivity index (χ2n) is 7.49. The number of amides is 1. The Morgan fingerprint density at radius 2 is 1.96 bits per heavy atom. The summed E-state index contributed by atoms with van der Waals surface area (Å²) in [6, 6.07) is 9.68. The van der Waals surface area contributed by atoms with E-state index in [1.807, 2.05) is 49.8 Å². The highest BCUT2D eigenvalue weighted by Crippen LogP contribution is 2.24. The highest BCUT2D eigenvalue weighted by molar-refractivity contribution is 7.91. The number of hydrogen-bond donors (Lipinski definition) is 0. The number of aromatic nitrogens is 1. The molecule has 152 valence electrons. The molecule has 0 radical (unpaired) electrons. The van der Waals surface area contributed by atoms with Crippen molar-refractivity contribution < 1.29 is 13.2 Å². The lowest BCUT2D eigenvalue weighted by atomic mass is 10.1. The molecular weight excluding hydrogens is 394 g/mol. The highest BCUT2D eigenvalue weighted by Gasteiger charge is 2.34. The third kappa shape index (κ3) is 5.62. The maximum atomic E-state index is 13.0. The van der Waals surface area contributed by atoms with Gasteiger partial charge in [-0.05, 0) is 33.5 Å². The molecule has 1 fully saturated rings. The van der Waals surface area contributed by atoms with Crippen molar-refractivity contribution in [2.75, 3.05) is 38.7 Å². The molecule has 1 unspecified atom stereocenters. The van der Waals surface area contributed by atoms with Gasteiger partial charge in [0.2, 0.25) is 5.91 Å². The third-order valence-corrected chi connectivity index (χ3v) is 7.57. The van der Waals surface area contributed by atoms with Crippen molar-refractivity contribution in [2.24, 2.45) is 0 Å². The van der Waals surface area contributed by atoms with Gasteiger partial charge in [-0.1, -0.05) is 30.3 Å². The van der Waals surface area contributed by atoms with Crippen LogP contribution in [-0.2, 0) is 21.1 Å². The second kappa shape index (κ2) is 9.15. The fourth-order valence-corrected chi connectivity index (χ4v) is 6.00. The average Bonchev–Trinajstić information content (AvgIpc) is 3.25. The van der Waals surface area contributed by atoms with Crippen LogP contribution in [0.3, 0.4) is 0 Å². The van der Waals surface area contributed by atoms with E-state index in [-0.39, 0.29) is 29.9 Å². The van der Waals surface area contributed by atoms with Gasteiger partial charge in [0.25, 0.3) is 0 Å². The van der Waals surface area contributed by atoms with Crippen LogP contribution in [-0.4, -0.2) is 73.8 Å². The lowest BCUT2D eigenvalue weighted by Gasteiger charge is -2.28. The minimum atomic E-state index is -3.04. The fourth-order valence-electron chi connectivity index (χ4n) is 3.45. The summed E-state index contributed by atoms with van der Waals surface area (Å²) < 4.78 is 23.8. The van der Waals surface area contributed by atoms with E-state index in [0.717, 1.165) is 29.2 Å². The number of benzene rings is 1. The Balaban J connectivity index is 1.69. The summed E-state index contributed by atoms with van der Waals surface area (Å²) in [5, 5.41) is 2.81. The SMILES string of the molecule is CN(C)CCCN(C(=O)Cc1csc(-c2ccccc2)n1)C1CCS(=O)(=O)C1. The van der Waals surface area contributed by atoms with Gasteiger partial charge in [-0.25, -0.2) is 13.4 Å². The van der Waals surface area contributed by atoms with Crippen LogP contribution in [0.25, 0.3) is 10.6 Å². The minimum absolute atomic E-state index is 0.0363. The van der Waals surface area contributed by atoms with E-state index >= 15 is 0 Å². The zero-order valence-corrected chi connectivity index (χ0v) is 18.0. The van der Waals surface area contributed by atoms with Gasteiger partial charge >= 0.3 is 0 Å². The van der Waals surface area contributed by atoms with Gasteiger partial charge < -0.3 is 9.80 Å². The Kier molecular flexibility index (Phi) is 6.85. The van der Waals surface area contributed by atoms with Crippen molar-refractivity contribution in [1.29, 1.82) is 0 Å².